The summed E-state index contributed by atoms with van der Waals surface area (Å²) in [7, 11) is 1.39. The molecule has 0 aromatic carbocycles. The zero-order chi connectivity index (χ0) is 12.5. The summed E-state index contributed by atoms with van der Waals surface area (Å²) in [6.07, 6.45) is -0.676. The molecule has 1 rings (SSSR count). The molecule has 0 N–H and O–H groups in total. The van der Waals surface area contributed by atoms with E-state index in [1.54, 1.807) is 0 Å². The molecule has 0 bridgehead atoms. The van der Waals surface area contributed by atoms with Crippen LogP contribution in [0.1, 0.15) is 6.42 Å². The smallest absolute Gasteiger partial charge is 0.287 e. The summed E-state index contributed by atoms with van der Waals surface area (Å²) in [6.45, 7) is -0.437. The van der Waals surface area contributed by atoms with Crippen molar-refractivity contribution in [1.29, 1.82) is 0 Å². The van der Waals surface area contributed by atoms with Crippen molar-refractivity contribution in [2.45, 2.75) is 18.1 Å². The molecule has 0 radical (unpaired) electrons. The van der Waals surface area contributed by atoms with Gasteiger partial charge in [0.05, 0.1) is 6.54 Å². The molecule has 0 aromatic heterocycles. The van der Waals surface area contributed by atoms with Gasteiger partial charge in [0.1, 0.15) is 16.4 Å². The molecule has 0 saturated carbocycles. The van der Waals surface area contributed by atoms with E-state index in [1.807, 2.05) is 0 Å². The number of likely N-dealkylation sites (N-methyl/N-ethyl adjacent to an activating group) is 1. The Bertz CT molecular complexity index is 330. The van der Waals surface area contributed by atoms with Gasteiger partial charge in [-0.25, -0.2) is 0 Å². The molecule has 1 aliphatic rings. The quantitative estimate of drug-likeness (QED) is 0.355. The first-order valence-corrected chi connectivity index (χ1v) is 4.40. The Kier molecular flexibility index (Phi) is 3.03. The van der Waals surface area contributed by atoms with Gasteiger partial charge in [-0.15, -0.1) is 0 Å². The van der Waals surface area contributed by atoms with Crippen molar-refractivity contribution in [1.82, 2.24) is 4.90 Å². The van der Waals surface area contributed by atoms with Crippen LogP contribution in [-0.2, 0) is 0 Å². The molecule has 1 heterocycles. The third-order valence-electron chi connectivity index (χ3n) is 2.59. The van der Waals surface area contributed by atoms with E-state index in [9.17, 15) is 30.3 Å². The minimum absolute atomic E-state index is 0.0174. The van der Waals surface area contributed by atoms with Crippen molar-refractivity contribution < 1.29 is 14.8 Å². The Balaban J connectivity index is 3.05. The molecule has 1 unspecified atom stereocenters. The van der Waals surface area contributed by atoms with Crippen LogP contribution in [0.25, 0.3) is 0 Å². The highest BCUT2D eigenvalue weighted by Gasteiger charge is 2.63. The predicted octanol–water partition coefficient (Wildman–Crippen LogP) is -0.783. The number of nitro groups is 3. The van der Waals surface area contributed by atoms with E-state index in [0.29, 0.717) is 0 Å². The first-order valence-electron chi connectivity index (χ1n) is 4.40. The van der Waals surface area contributed by atoms with Gasteiger partial charge in [-0.2, -0.15) is 0 Å². The summed E-state index contributed by atoms with van der Waals surface area (Å²) in [5.41, 5.74) is -2.47. The lowest BCUT2D eigenvalue weighted by Gasteiger charge is -2.29. The second kappa shape index (κ2) is 3.96. The summed E-state index contributed by atoms with van der Waals surface area (Å²) in [5.74, 6) is 0. The Hall–Kier alpha value is -1.84. The minimum Gasteiger partial charge on any atom is -0.287 e. The fraction of sp³-hybridized carbons (Fsp3) is 1.00. The van der Waals surface area contributed by atoms with Crippen LogP contribution in [0.5, 0.6) is 0 Å². The van der Waals surface area contributed by atoms with Gasteiger partial charge < -0.3 is 0 Å². The zero-order valence-corrected chi connectivity index (χ0v) is 8.44. The Morgan fingerprint density at radius 2 is 1.69 bits per heavy atom. The molecule has 90 valence electrons. The number of likely N-dealkylation sites (tertiary alicyclic amines) is 1. The second-order valence-corrected chi connectivity index (χ2v) is 3.84. The summed E-state index contributed by atoms with van der Waals surface area (Å²) in [6, 6.07) is -1.28. The summed E-state index contributed by atoms with van der Waals surface area (Å²) >= 11 is 0. The van der Waals surface area contributed by atoms with Crippen LogP contribution in [0.15, 0.2) is 0 Å². The average molecular weight is 234 g/mol. The van der Waals surface area contributed by atoms with Gasteiger partial charge in [0.2, 0.25) is 6.04 Å². The molecule has 0 aromatic rings. The molecule has 1 atom stereocenters. The van der Waals surface area contributed by atoms with Crippen molar-refractivity contribution >= 4 is 0 Å². The lowest BCUT2D eigenvalue weighted by atomic mass is 9.96. The van der Waals surface area contributed by atoms with E-state index in [-0.39, 0.29) is 6.54 Å². The molecule has 10 heteroatoms. The maximum Gasteiger partial charge on any atom is 0.477 e. The highest BCUT2D eigenvalue weighted by atomic mass is 16.7. The number of hydrogen-bond donors (Lipinski definition) is 0. The third-order valence-corrected chi connectivity index (χ3v) is 2.59. The lowest BCUT2D eigenvalue weighted by Crippen LogP contribution is -2.62. The summed E-state index contributed by atoms with van der Waals surface area (Å²) in [4.78, 5) is 30.5. The Labute approximate surface area is 89.3 Å². The van der Waals surface area contributed by atoms with Crippen molar-refractivity contribution in [3.05, 3.63) is 30.3 Å². The molecule has 10 nitrogen and oxygen atoms in total. The fourth-order valence-electron chi connectivity index (χ4n) is 1.84. The molecule has 0 aliphatic carbocycles. The predicted molar refractivity (Wildman–Crippen MR) is 49.6 cm³/mol. The van der Waals surface area contributed by atoms with Gasteiger partial charge in [0, 0.05) is 4.92 Å². The van der Waals surface area contributed by atoms with Gasteiger partial charge in [-0.05, 0) is 7.05 Å². The van der Waals surface area contributed by atoms with Gasteiger partial charge in [0.25, 0.3) is 0 Å². The highest BCUT2D eigenvalue weighted by molar-refractivity contribution is 4.83. The summed E-state index contributed by atoms with van der Waals surface area (Å²) < 4.78 is 0. The van der Waals surface area contributed by atoms with Crippen molar-refractivity contribution in [2.75, 3.05) is 20.1 Å². The van der Waals surface area contributed by atoms with E-state index < -0.39 is 39.4 Å². The third kappa shape index (κ3) is 1.91. The Morgan fingerprint density at radius 1 is 1.19 bits per heavy atom. The van der Waals surface area contributed by atoms with Gasteiger partial charge in [-0.3, -0.25) is 35.2 Å². The molecule has 0 spiro atoms. The van der Waals surface area contributed by atoms with Crippen LogP contribution < -0.4 is 0 Å². The number of hydrogen-bond acceptors (Lipinski definition) is 7. The van der Waals surface area contributed by atoms with Crippen LogP contribution in [0.4, 0.5) is 0 Å². The average Bonchev–Trinajstić information content (AvgIpc) is 2.15. The van der Waals surface area contributed by atoms with E-state index in [4.69, 9.17) is 0 Å². The lowest BCUT2D eigenvalue weighted by molar-refractivity contribution is -0.805. The molecular formula is C6H10N4O6. The second-order valence-electron chi connectivity index (χ2n) is 3.84. The van der Waals surface area contributed by atoms with E-state index in [0.717, 1.165) is 0 Å². The maximum atomic E-state index is 10.7. The van der Waals surface area contributed by atoms with Crippen LogP contribution >= 0.6 is 0 Å². The molecule has 1 fully saturated rings. The largest absolute Gasteiger partial charge is 0.477 e. The molecule has 16 heavy (non-hydrogen) atoms. The molecular weight excluding hydrogens is 224 g/mol. The first-order chi connectivity index (χ1) is 7.29. The van der Waals surface area contributed by atoms with Crippen LogP contribution in [0.2, 0.25) is 0 Å². The zero-order valence-electron chi connectivity index (χ0n) is 8.44. The SMILES string of the molecule is CN1CC([N+](=O)[O-])CC([N+](=O)[O-])([N+](=O)[O-])C1. The van der Waals surface area contributed by atoms with E-state index in [1.165, 1.54) is 11.9 Å². The molecule has 0 amide bonds. The maximum absolute atomic E-state index is 10.7. The van der Waals surface area contributed by atoms with Crippen molar-refractivity contribution in [3.63, 3.8) is 0 Å². The highest BCUT2D eigenvalue weighted by Crippen LogP contribution is 2.25. The number of piperidine rings is 1. The van der Waals surface area contributed by atoms with E-state index in [2.05, 4.69) is 0 Å². The molecule has 1 saturated heterocycles. The van der Waals surface area contributed by atoms with E-state index >= 15 is 0 Å². The number of rotatable bonds is 3. The standard InChI is InChI=1S/C6H10N4O6/c1-7-3-5(8(11)12)2-6(4-7,9(13)14)10(15)16/h5H,2-4H2,1H3. The number of nitrogens with zero attached hydrogens (tertiary/aromatic N) is 4. The fourth-order valence-corrected chi connectivity index (χ4v) is 1.84. The van der Waals surface area contributed by atoms with Gasteiger partial charge in [-0.1, -0.05) is 0 Å². The van der Waals surface area contributed by atoms with Gasteiger partial charge >= 0.3 is 5.66 Å². The van der Waals surface area contributed by atoms with Gasteiger partial charge in [0.15, 0.2) is 6.42 Å². The Morgan fingerprint density at radius 3 is 2.06 bits per heavy atom. The monoisotopic (exact) mass is 234 g/mol. The summed E-state index contributed by atoms with van der Waals surface area (Å²) in [5, 5.41) is 32.1. The normalized spacial score (nSPS) is 24.9. The van der Waals surface area contributed by atoms with Crippen LogP contribution in [0, 0.1) is 30.3 Å². The first kappa shape index (κ1) is 12.2. The topological polar surface area (TPSA) is 133 Å². The van der Waals surface area contributed by atoms with Crippen molar-refractivity contribution in [2.24, 2.45) is 0 Å². The van der Waals surface area contributed by atoms with Crippen LogP contribution in [0.3, 0.4) is 0 Å². The minimum atomic E-state index is -2.47. The molecule has 1 aliphatic heterocycles. The van der Waals surface area contributed by atoms with Crippen LogP contribution in [-0.4, -0.2) is 51.5 Å². The van der Waals surface area contributed by atoms with Crippen molar-refractivity contribution in [3.8, 4) is 0 Å².